The maximum atomic E-state index is 8.38. The smallest absolute Gasteiger partial charge is 0.140 e. The first kappa shape index (κ1) is 10.8. The number of nitrogens with one attached hydrogen (secondary N) is 1. The van der Waals surface area contributed by atoms with Gasteiger partial charge >= 0.3 is 0 Å². The second kappa shape index (κ2) is 3.84. The standard InChI is InChI=1S/C14H14N4/c1-18-8-9-4-2-3-5-10(9)13(16)12-11(15)6-7-17-14(12)18/h2-7,16H,8H2,1H3,(H2,15,17). The van der Waals surface area contributed by atoms with Crippen molar-refractivity contribution in [2.75, 3.05) is 17.7 Å². The van der Waals surface area contributed by atoms with Crippen LogP contribution < -0.4 is 10.6 Å². The van der Waals surface area contributed by atoms with Crippen LogP contribution in [0.5, 0.6) is 0 Å². The highest BCUT2D eigenvalue weighted by molar-refractivity contribution is 6.18. The molecule has 90 valence electrons. The van der Waals surface area contributed by atoms with E-state index in [-0.39, 0.29) is 0 Å². The van der Waals surface area contributed by atoms with E-state index in [0.717, 1.165) is 29.1 Å². The summed E-state index contributed by atoms with van der Waals surface area (Å²) < 4.78 is 0. The molecule has 0 bridgehead atoms. The summed E-state index contributed by atoms with van der Waals surface area (Å²) in [7, 11) is 1.97. The molecule has 0 fully saturated rings. The van der Waals surface area contributed by atoms with Crippen LogP contribution in [0.1, 0.15) is 16.7 Å². The Labute approximate surface area is 106 Å². The van der Waals surface area contributed by atoms with E-state index in [1.54, 1.807) is 12.3 Å². The minimum absolute atomic E-state index is 0.454. The third-order valence-electron chi connectivity index (χ3n) is 3.27. The van der Waals surface area contributed by atoms with Gasteiger partial charge in [0.2, 0.25) is 0 Å². The van der Waals surface area contributed by atoms with E-state index in [9.17, 15) is 0 Å². The number of hydrogen-bond donors (Lipinski definition) is 2. The lowest BCUT2D eigenvalue weighted by molar-refractivity contribution is 0.902. The zero-order valence-corrected chi connectivity index (χ0v) is 10.1. The molecule has 2 heterocycles. The molecule has 1 aromatic carbocycles. The van der Waals surface area contributed by atoms with Crippen molar-refractivity contribution in [2.24, 2.45) is 0 Å². The lowest BCUT2D eigenvalue weighted by atomic mass is 9.99. The quantitative estimate of drug-likeness (QED) is 0.738. The zero-order valence-electron chi connectivity index (χ0n) is 10.1. The van der Waals surface area contributed by atoms with E-state index in [1.807, 2.05) is 36.2 Å². The average Bonchev–Trinajstić information content (AvgIpc) is 2.48. The highest BCUT2D eigenvalue weighted by Crippen LogP contribution is 2.31. The van der Waals surface area contributed by atoms with Crippen LogP contribution in [-0.4, -0.2) is 17.7 Å². The number of nitrogens with two attached hydrogens (primary N) is 1. The fourth-order valence-electron chi connectivity index (χ4n) is 2.38. The molecule has 0 amide bonds. The van der Waals surface area contributed by atoms with Gasteiger partial charge in [-0.05, 0) is 11.6 Å². The lowest BCUT2D eigenvalue weighted by Crippen LogP contribution is -2.18. The minimum Gasteiger partial charge on any atom is -0.398 e. The van der Waals surface area contributed by atoms with Gasteiger partial charge in [0.15, 0.2) is 0 Å². The van der Waals surface area contributed by atoms with Gasteiger partial charge in [0.1, 0.15) is 5.82 Å². The number of rotatable bonds is 0. The first-order valence-electron chi connectivity index (χ1n) is 5.81. The Morgan fingerprint density at radius 2 is 2.06 bits per heavy atom. The van der Waals surface area contributed by atoms with E-state index in [4.69, 9.17) is 11.1 Å². The highest BCUT2D eigenvalue weighted by Gasteiger charge is 2.23. The van der Waals surface area contributed by atoms with Crippen molar-refractivity contribution in [3.05, 3.63) is 53.2 Å². The largest absolute Gasteiger partial charge is 0.398 e. The first-order chi connectivity index (χ1) is 8.68. The molecule has 0 unspecified atom stereocenters. The van der Waals surface area contributed by atoms with Crippen molar-refractivity contribution < 1.29 is 0 Å². The Morgan fingerprint density at radius 1 is 1.28 bits per heavy atom. The van der Waals surface area contributed by atoms with Crippen LogP contribution in [0.25, 0.3) is 0 Å². The molecule has 2 aromatic rings. The summed E-state index contributed by atoms with van der Waals surface area (Å²) in [6.07, 6.45) is 1.69. The Bertz CT molecular complexity index is 633. The van der Waals surface area contributed by atoms with Crippen LogP contribution in [0, 0.1) is 5.41 Å². The van der Waals surface area contributed by atoms with Crippen LogP contribution in [0.3, 0.4) is 0 Å². The third kappa shape index (κ3) is 1.46. The Balaban J connectivity index is 2.30. The van der Waals surface area contributed by atoms with E-state index in [2.05, 4.69) is 4.98 Å². The van der Waals surface area contributed by atoms with E-state index in [1.165, 1.54) is 0 Å². The van der Waals surface area contributed by atoms with Gasteiger partial charge in [-0.2, -0.15) is 0 Å². The summed E-state index contributed by atoms with van der Waals surface area (Å²) in [6.45, 7) is 0.738. The fraction of sp³-hybridized carbons (Fsp3) is 0.143. The van der Waals surface area contributed by atoms with Crippen LogP contribution in [0.2, 0.25) is 0 Å². The summed E-state index contributed by atoms with van der Waals surface area (Å²) in [4.78, 5) is 6.39. The van der Waals surface area contributed by atoms with Crippen molar-refractivity contribution in [1.29, 1.82) is 5.41 Å². The van der Waals surface area contributed by atoms with Crippen LogP contribution in [0.15, 0.2) is 36.5 Å². The molecule has 1 aromatic heterocycles. The molecule has 18 heavy (non-hydrogen) atoms. The normalized spacial score (nSPS) is 13.8. The average molecular weight is 238 g/mol. The molecule has 4 nitrogen and oxygen atoms in total. The maximum absolute atomic E-state index is 8.38. The summed E-state index contributed by atoms with van der Waals surface area (Å²) in [5.74, 6) is 0.774. The number of fused-ring (bicyclic) bond motifs is 2. The summed E-state index contributed by atoms with van der Waals surface area (Å²) in [5, 5.41) is 8.38. The molecule has 0 saturated heterocycles. The predicted octanol–water partition coefficient (Wildman–Crippen LogP) is 2.03. The van der Waals surface area contributed by atoms with Gasteiger partial charge in [-0.15, -0.1) is 0 Å². The van der Waals surface area contributed by atoms with Gasteiger partial charge in [0.05, 0.1) is 11.3 Å². The zero-order chi connectivity index (χ0) is 12.7. The van der Waals surface area contributed by atoms with Gasteiger partial charge < -0.3 is 10.6 Å². The number of benzene rings is 1. The molecule has 0 atom stereocenters. The molecular weight excluding hydrogens is 224 g/mol. The van der Waals surface area contributed by atoms with Crippen molar-refractivity contribution in [3.8, 4) is 0 Å². The number of nitrogens with zero attached hydrogens (tertiary/aromatic N) is 2. The van der Waals surface area contributed by atoms with E-state index < -0.39 is 0 Å². The van der Waals surface area contributed by atoms with Gasteiger partial charge in [0, 0.05) is 31.0 Å². The minimum atomic E-state index is 0.454. The van der Waals surface area contributed by atoms with Gasteiger partial charge in [0.25, 0.3) is 0 Å². The molecule has 4 heteroatoms. The summed E-state index contributed by atoms with van der Waals surface area (Å²) in [6, 6.07) is 9.70. The van der Waals surface area contributed by atoms with Gasteiger partial charge in [-0.1, -0.05) is 24.3 Å². The summed E-state index contributed by atoms with van der Waals surface area (Å²) >= 11 is 0. The molecule has 1 aliphatic rings. The van der Waals surface area contributed by atoms with Crippen molar-refractivity contribution in [1.82, 2.24) is 4.98 Å². The number of anilines is 2. The van der Waals surface area contributed by atoms with Gasteiger partial charge in [-0.25, -0.2) is 4.98 Å². The Hall–Kier alpha value is -2.36. The number of hydrogen-bond acceptors (Lipinski definition) is 4. The molecule has 0 radical (unpaired) electrons. The topological polar surface area (TPSA) is 66.0 Å². The van der Waals surface area contributed by atoms with E-state index >= 15 is 0 Å². The second-order valence-electron chi connectivity index (χ2n) is 4.49. The van der Waals surface area contributed by atoms with E-state index in [0.29, 0.717) is 11.4 Å². The van der Waals surface area contributed by atoms with Crippen LogP contribution in [0.4, 0.5) is 11.5 Å². The Kier molecular flexibility index (Phi) is 2.30. The molecule has 0 aliphatic carbocycles. The molecule has 1 aliphatic heterocycles. The fourth-order valence-corrected chi connectivity index (χ4v) is 2.38. The number of aromatic nitrogens is 1. The molecule has 3 rings (SSSR count). The van der Waals surface area contributed by atoms with Crippen molar-refractivity contribution >= 4 is 17.2 Å². The third-order valence-corrected chi connectivity index (χ3v) is 3.27. The van der Waals surface area contributed by atoms with Crippen molar-refractivity contribution in [2.45, 2.75) is 6.54 Å². The molecule has 0 saturated carbocycles. The molecule has 0 spiro atoms. The monoisotopic (exact) mass is 238 g/mol. The van der Waals surface area contributed by atoms with Crippen LogP contribution in [-0.2, 0) is 6.54 Å². The molecule has 3 N–H and O–H groups in total. The number of nitrogen functional groups attached to an aromatic ring is 1. The Morgan fingerprint density at radius 3 is 2.89 bits per heavy atom. The van der Waals surface area contributed by atoms with Gasteiger partial charge in [-0.3, -0.25) is 5.41 Å². The second-order valence-corrected chi connectivity index (χ2v) is 4.49. The maximum Gasteiger partial charge on any atom is 0.140 e. The molecular formula is C14H14N4. The highest BCUT2D eigenvalue weighted by atomic mass is 15.2. The first-order valence-corrected chi connectivity index (χ1v) is 5.81. The predicted molar refractivity (Wildman–Crippen MR) is 73.1 cm³/mol. The lowest BCUT2D eigenvalue weighted by Gasteiger charge is -2.18. The SMILES string of the molecule is CN1Cc2ccccc2C(=N)c2c(N)ccnc21. The van der Waals surface area contributed by atoms with Crippen LogP contribution >= 0.6 is 0 Å². The van der Waals surface area contributed by atoms with Crippen molar-refractivity contribution in [3.63, 3.8) is 0 Å². The number of pyridine rings is 1. The summed E-state index contributed by atoms with van der Waals surface area (Å²) in [5.41, 5.74) is 9.86.